The molecule has 2 aliphatic heterocycles. The molecule has 2 fully saturated rings. The Bertz CT molecular complexity index is 2840. The lowest BCUT2D eigenvalue weighted by Crippen LogP contribution is -2.40. The summed E-state index contributed by atoms with van der Waals surface area (Å²) in [5, 5.41) is 18.9. The molecule has 1 N–H and O–H groups in total. The maximum Gasteiger partial charge on any atom is 0.243 e. The zero-order valence-corrected chi connectivity index (χ0v) is 40.3. The molecule has 0 saturated carbocycles. The first-order valence-electron chi connectivity index (χ1n) is 21.5. The highest BCUT2D eigenvalue weighted by Gasteiger charge is 2.28. The quantitative estimate of drug-likeness (QED) is 0.0617. The van der Waals surface area contributed by atoms with Gasteiger partial charge < -0.3 is 14.2 Å². The third kappa shape index (κ3) is 12.3. The lowest BCUT2D eigenvalue weighted by molar-refractivity contribution is 0.0724. The van der Waals surface area contributed by atoms with Gasteiger partial charge in [0, 0.05) is 65.8 Å². The number of aromatic nitrogens is 6. The Kier molecular flexibility index (Phi) is 16.7. The summed E-state index contributed by atoms with van der Waals surface area (Å²) >= 11 is 0. The van der Waals surface area contributed by atoms with E-state index < -0.39 is 28.1 Å². The summed E-state index contributed by atoms with van der Waals surface area (Å²) in [6.07, 6.45) is 0. The van der Waals surface area contributed by atoms with E-state index in [1.807, 2.05) is 48.5 Å². The second-order valence-corrected chi connectivity index (χ2v) is 26.5. The second kappa shape index (κ2) is 22.0. The molecule has 0 bridgehead atoms. The maximum atomic E-state index is 12.9. The highest BCUT2D eigenvalue weighted by atomic mass is 32.2. The number of carbonyl (C=O) groups is 2. The van der Waals surface area contributed by atoms with Crippen LogP contribution in [0.15, 0.2) is 107 Å². The Morgan fingerprint density at radius 2 is 1.01 bits per heavy atom. The molecule has 20 heteroatoms. The first-order valence-corrected chi connectivity index (χ1v) is 28.1. The van der Waals surface area contributed by atoms with Crippen LogP contribution in [0.25, 0.3) is 44.8 Å². The van der Waals surface area contributed by atoms with Crippen LogP contribution < -0.4 is 0 Å². The number of ether oxygens (including phenoxy) is 3. The molecular weight excluding hydrogens is 913 g/mol. The van der Waals surface area contributed by atoms with Gasteiger partial charge in [0.15, 0.2) is 17.3 Å². The van der Waals surface area contributed by atoms with Crippen LogP contribution in [0.5, 0.6) is 0 Å². The Morgan fingerprint density at radius 3 is 1.42 bits per heavy atom. The Labute approximate surface area is 393 Å². The lowest BCUT2D eigenvalue weighted by atomic mass is 10.0. The van der Waals surface area contributed by atoms with Gasteiger partial charge >= 0.3 is 0 Å². The first kappa shape index (κ1) is 50.8. The molecule has 8 rings (SSSR count). The number of sulfonamides is 2. The largest absolute Gasteiger partial charge is 0.379 e. The van der Waals surface area contributed by atoms with Crippen molar-refractivity contribution in [3.63, 3.8) is 0 Å². The van der Waals surface area contributed by atoms with E-state index in [0.29, 0.717) is 82.0 Å². The SMILES string of the molecule is C.CC(=O)c1c(-c2ccc(-c3ccc(S(=O)(=O)N4CCOCC4)cc3)cc2)nnn1COCC[Si](C)(C)C.CC(=O)c1n[nH]nc1-c1ccc(-c2ccc(S(=O)(=O)N3CCOCC3)cc2)cc1. The normalized spacial score (nSPS) is 15.0. The number of hydrogen-bond donors (Lipinski definition) is 1. The van der Waals surface area contributed by atoms with Gasteiger partial charge in [0.25, 0.3) is 0 Å². The highest BCUT2D eigenvalue weighted by Crippen LogP contribution is 2.30. The molecule has 356 valence electrons. The number of nitrogens with one attached hydrogen (secondary N) is 1. The van der Waals surface area contributed by atoms with Crippen molar-refractivity contribution in [2.45, 2.75) is 63.5 Å². The summed E-state index contributed by atoms with van der Waals surface area (Å²) in [6, 6.07) is 29.9. The standard InChI is InChI=1S/C26H34N4O5SSi.C20H20N4O4S.CH4/c1-20(31)26-25(27-28-30(26)19-35-17-18-37(2,3)4)23-7-5-21(6-8-23)22-9-11-24(12-10-22)36(32,33)29-13-15-34-16-14-29;1-14(25)19-20(22-23-21-19)17-4-2-15(3-5-17)16-6-8-18(9-7-16)29(26,27)24-10-12-28-13-11-24;/h5-12H,13-19H2,1-4H3;2-9H,10-13H2,1H3,(H,21,22,23);1H4. The van der Waals surface area contributed by atoms with Crippen LogP contribution in [0, 0.1) is 0 Å². The third-order valence-corrected chi connectivity index (χ3v) is 16.6. The first-order chi connectivity index (χ1) is 31.5. The molecule has 4 heterocycles. The minimum absolute atomic E-state index is 0. The molecule has 67 heavy (non-hydrogen) atoms. The molecule has 0 amide bonds. The number of morpholine rings is 2. The molecule has 4 aromatic carbocycles. The highest BCUT2D eigenvalue weighted by molar-refractivity contribution is 7.89. The monoisotopic (exact) mass is 970 g/mol. The van der Waals surface area contributed by atoms with Gasteiger partial charge in [0.05, 0.1) is 36.2 Å². The number of hydrogen-bond acceptors (Lipinski definition) is 13. The van der Waals surface area contributed by atoms with Crippen LogP contribution >= 0.6 is 0 Å². The second-order valence-electron chi connectivity index (χ2n) is 17.0. The van der Waals surface area contributed by atoms with Crippen molar-refractivity contribution in [3.8, 4) is 44.8 Å². The minimum atomic E-state index is -3.53. The van der Waals surface area contributed by atoms with Gasteiger partial charge in [-0.3, -0.25) is 9.59 Å². The molecule has 2 aliphatic rings. The van der Waals surface area contributed by atoms with Crippen molar-refractivity contribution in [1.29, 1.82) is 0 Å². The van der Waals surface area contributed by atoms with E-state index in [1.54, 1.807) is 48.5 Å². The number of rotatable bonds is 15. The summed E-state index contributed by atoms with van der Waals surface area (Å²) in [4.78, 5) is 24.6. The number of H-pyrrole nitrogens is 1. The van der Waals surface area contributed by atoms with Gasteiger partial charge in [-0.2, -0.15) is 24.0 Å². The fourth-order valence-electron chi connectivity index (χ4n) is 7.31. The fourth-order valence-corrected chi connectivity index (χ4v) is 10.9. The van der Waals surface area contributed by atoms with Gasteiger partial charge in [-0.05, 0) is 52.6 Å². The van der Waals surface area contributed by atoms with E-state index >= 15 is 0 Å². The Morgan fingerprint density at radius 1 is 0.612 bits per heavy atom. The van der Waals surface area contributed by atoms with Crippen LogP contribution in [-0.4, -0.2) is 135 Å². The van der Waals surface area contributed by atoms with Crippen LogP contribution in [0.1, 0.15) is 42.3 Å². The molecule has 0 unspecified atom stereocenters. The van der Waals surface area contributed by atoms with Crippen LogP contribution in [0.3, 0.4) is 0 Å². The topological polar surface area (TPSA) is 209 Å². The zero-order valence-electron chi connectivity index (χ0n) is 37.6. The number of carbonyl (C=O) groups excluding carboxylic acids is 2. The average Bonchev–Trinajstić information content (AvgIpc) is 4.00. The molecule has 6 aromatic rings. The van der Waals surface area contributed by atoms with Gasteiger partial charge in [0.1, 0.15) is 23.8 Å². The van der Waals surface area contributed by atoms with E-state index in [-0.39, 0.29) is 35.5 Å². The van der Waals surface area contributed by atoms with Crippen LogP contribution in [0.2, 0.25) is 25.7 Å². The van der Waals surface area contributed by atoms with Crippen molar-refractivity contribution in [3.05, 3.63) is 108 Å². The number of aromatic amines is 1. The van der Waals surface area contributed by atoms with E-state index in [2.05, 4.69) is 45.4 Å². The van der Waals surface area contributed by atoms with Gasteiger partial charge in [-0.15, -0.1) is 5.10 Å². The van der Waals surface area contributed by atoms with Crippen molar-refractivity contribution >= 4 is 39.7 Å². The summed E-state index contributed by atoms with van der Waals surface area (Å²) in [6.45, 7) is 13.8. The fraction of sp³-hybridized carbons (Fsp3) is 0.362. The molecule has 0 spiro atoms. The maximum absolute atomic E-state index is 12.9. The van der Waals surface area contributed by atoms with E-state index in [0.717, 1.165) is 39.4 Å². The summed E-state index contributed by atoms with van der Waals surface area (Å²) < 4.78 is 71.9. The van der Waals surface area contributed by atoms with Crippen molar-refractivity contribution in [1.82, 2.24) is 39.0 Å². The molecule has 17 nitrogen and oxygen atoms in total. The molecule has 0 aliphatic carbocycles. The number of benzene rings is 4. The van der Waals surface area contributed by atoms with Crippen LogP contribution in [0.4, 0.5) is 0 Å². The predicted molar refractivity (Wildman–Crippen MR) is 258 cm³/mol. The zero-order chi connectivity index (χ0) is 47.1. The summed E-state index contributed by atoms with van der Waals surface area (Å²) in [5.41, 5.74) is 6.92. The van der Waals surface area contributed by atoms with E-state index in [4.69, 9.17) is 14.2 Å². The molecule has 2 aromatic heterocycles. The van der Waals surface area contributed by atoms with Gasteiger partial charge in [-0.25, -0.2) is 21.5 Å². The predicted octanol–water partition coefficient (Wildman–Crippen LogP) is 7.15. The molecule has 0 atom stereocenters. The summed E-state index contributed by atoms with van der Waals surface area (Å²) in [7, 11) is -8.25. The number of ketones is 2. The molecule has 0 radical (unpaired) electrons. The average molecular weight is 971 g/mol. The van der Waals surface area contributed by atoms with E-state index in [9.17, 15) is 26.4 Å². The molecular formula is C47H58N8O9S2Si. The van der Waals surface area contributed by atoms with Gasteiger partial charge in [0.2, 0.25) is 20.0 Å². The van der Waals surface area contributed by atoms with E-state index in [1.165, 1.54) is 27.1 Å². The lowest BCUT2D eigenvalue weighted by Gasteiger charge is -2.26. The van der Waals surface area contributed by atoms with Crippen LogP contribution in [-0.2, 0) is 41.0 Å². The van der Waals surface area contributed by atoms with Crippen molar-refractivity contribution in [2.75, 3.05) is 59.2 Å². The Balaban J connectivity index is 0.000000224. The summed E-state index contributed by atoms with van der Waals surface area (Å²) in [5.74, 6) is -0.287. The van der Waals surface area contributed by atoms with Crippen molar-refractivity contribution in [2.24, 2.45) is 0 Å². The third-order valence-electron chi connectivity index (χ3n) is 11.1. The minimum Gasteiger partial charge on any atom is -0.379 e. The molecule has 2 saturated heterocycles. The smallest absolute Gasteiger partial charge is 0.243 e. The number of nitrogens with zero attached hydrogens (tertiary/aromatic N) is 7. The van der Waals surface area contributed by atoms with Crippen molar-refractivity contribution < 1.29 is 40.6 Å². The number of Topliss-reactive ketones (excluding diaryl/α,β-unsaturated/α-hetero) is 2. The van der Waals surface area contributed by atoms with Gasteiger partial charge in [-0.1, -0.05) is 105 Å². The Hall–Kier alpha value is -5.58.